The van der Waals surface area contributed by atoms with Crippen LogP contribution in [0, 0.1) is 5.21 Å². The molecule has 0 saturated carbocycles. The van der Waals surface area contributed by atoms with Gasteiger partial charge in [0.25, 0.3) is 0 Å². The predicted molar refractivity (Wildman–Crippen MR) is 46.6 cm³/mol. The Morgan fingerprint density at radius 1 is 1.09 bits per heavy atom. The van der Waals surface area contributed by atoms with E-state index in [9.17, 15) is 5.21 Å². The summed E-state index contributed by atoms with van der Waals surface area (Å²) >= 11 is 0. The molecule has 0 aromatic rings. The number of hydrogen-bond acceptors (Lipinski definition) is 1. The quantitative estimate of drug-likeness (QED) is 0.421. The summed E-state index contributed by atoms with van der Waals surface area (Å²) in [6.07, 6.45) is 8.31. The smallest absolute Gasteiger partial charge is 0.0915 e. The van der Waals surface area contributed by atoms with Crippen LogP contribution < -0.4 is 0 Å². The van der Waals surface area contributed by atoms with E-state index < -0.39 is 0 Å². The van der Waals surface area contributed by atoms with Gasteiger partial charge in [0.15, 0.2) is 0 Å². The molecule has 1 aliphatic rings. The summed E-state index contributed by atoms with van der Waals surface area (Å²) in [7, 11) is 0. The van der Waals surface area contributed by atoms with Gasteiger partial charge in [0, 0.05) is 0 Å². The van der Waals surface area contributed by atoms with Gasteiger partial charge in [-0.2, -0.15) is 0 Å². The molecule has 2 heteroatoms. The number of likely N-dealkylation sites (tertiary alicyclic amines) is 1. The van der Waals surface area contributed by atoms with Crippen molar-refractivity contribution in [2.24, 2.45) is 0 Å². The van der Waals surface area contributed by atoms with Crippen molar-refractivity contribution < 1.29 is 4.65 Å². The minimum absolute atomic E-state index is 0.0868. The molecule has 0 spiro atoms. The second kappa shape index (κ2) is 3.88. The molecule has 11 heavy (non-hydrogen) atoms. The number of quaternary nitrogens is 1. The fraction of sp³-hybridized carbons (Fsp3) is 0.778. The Labute approximate surface area is 68.7 Å². The molecule has 0 aromatic carbocycles. The summed E-state index contributed by atoms with van der Waals surface area (Å²) in [6, 6.07) is 0. The molecule has 0 amide bonds. The highest BCUT2D eigenvalue weighted by atomic mass is 16.5. The fourth-order valence-electron chi connectivity index (χ4n) is 1.64. The molecule has 0 atom stereocenters. The van der Waals surface area contributed by atoms with Crippen LogP contribution in [0.5, 0.6) is 0 Å². The average Bonchev–Trinajstić information content (AvgIpc) is 2.15. The largest absolute Gasteiger partial charge is 0.628 e. The van der Waals surface area contributed by atoms with E-state index in [-0.39, 0.29) is 4.65 Å². The minimum atomic E-state index is -0.0868. The highest BCUT2D eigenvalue weighted by molar-refractivity contribution is 4.70. The normalized spacial score (nSPS) is 25.3. The van der Waals surface area contributed by atoms with Crippen LogP contribution in [0.1, 0.15) is 32.6 Å². The van der Waals surface area contributed by atoms with Crippen molar-refractivity contribution in [3.63, 3.8) is 0 Å². The van der Waals surface area contributed by atoms with E-state index in [4.69, 9.17) is 0 Å². The highest BCUT2D eigenvalue weighted by Crippen LogP contribution is 2.17. The molecule has 1 fully saturated rings. The van der Waals surface area contributed by atoms with Crippen LogP contribution in [0.4, 0.5) is 0 Å². The lowest BCUT2D eigenvalue weighted by atomic mass is 10.2. The van der Waals surface area contributed by atoms with Crippen molar-refractivity contribution in [1.29, 1.82) is 0 Å². The van der Waals surface area contributed by atoms with Crippen molar-refractivity contribution in [2.45, 2.75) is 32.6 Å². The summed E-state index contributed by atoms with van der Waals surface area (Å²) in [5.41, 5.74) is 0. The van der Waals surface area contributed by atoms with E-state index in [1.165, 1.54) is 12.8 Å². The number of allylic oxidation sites excluding steroid dienone is 1. The van der Waals surface area contributed by atoms with Gasteiger partial charge in [-0.25, -0.2) is 0 Å². The van der Waals surface area contributed by atoms with E-state index in [1.807, 2.05) is 13.0 Å². The first-order chi connectivity index (χ1) is 5.27. The Balaban J connectivity index is 2.51. The van der Waals surface area contributed by atoms with Gasteiger partial charge < -0.3 is 9.85 Å². The molecule has 1 rings (SSSR count). The summed E-state index contributed by atoms with van der Waals surface area (Å²) < 4.78 is -0.0868. The van der Waals surface area contributed by atoms with Crippen LogP contribution >= 0.6 is 0 Å². The first-order valence-corrected chi connectivity index (χ1v) is 4.48. The number of nitrogens with zero attached hydrogens (tertiary/aromatic N) is 1. The van der Waals surface area contributed by atoms with Gasteiger partial charge in [-0.1, -0.05) is 0 Å². The number of hydrogen-bond donors (Lipinski definition) is 0. The number of hydroxylamine groups is 3. The molecule has 1 heterocycles. The SMILES string of the molecule is CC=C[N+]1([O-])CCCCCC1. The maximum Gasteiger partial charge on any atom is 0.0915 e. The van der Waals surface area contributed by atoms with Crippen LogP contribution in [-0.4, -0.2) is 17.7 Å². The van der Waals surface area contributed by atoms with E-state index in [1.54, 1.807) is 6.20 Å². The lowest BCUT2D eigenvalue weighted by Crippen LogP contribution is -2.36. The summed E-state index contributed by atoms with van der Waals surface area (Å²) in [5.74, 6) is 0. The molecular formula is C9H17NO. The van der Waals surface area contributed by atoms with Crippen LogP contribution in [0.3, 0.4) is 0 Å². The third-order valence-corrected chi connectivity index (χ3v) is 2.24. The molecule has 1 aliphatic heterocycles. The second-order valence-electron chi connectivity index (χ2n) is 3.30. The van der Waals surface area contributed by atoms with Crippen molar-refractivity contribution in [2.75, 3.05) is 13.1 Å². The fourth-order valence-corrected chi connectivity index (χ4v) is 1.64. The van der Waals surface area contributed by atoms with Gasteiger partial charge in [-0.15, -0.1) is 0 Å². The second-order valence-corrected chi connectivity index (χ2v) is 3.30. The lowest BCUT2D eigenvalue weighted by Gasteiger charge is -2.37. The monoisotopic (exact) mass is 155 g/mol. The molecule has 0 bridgehead atoms. The maximum atomic E-state index is 11.8. The maximum absolute atomic E-state index is 11.8. The Kier molecular flexibility index (Phi) is 3.09. The highest BCUT2D eigenvalue weighted by Gasteiger charge is 2.15. The zero-order valence-corrected chi connectivity index (χ0v) is 7.25. The summed E-state index contributed by atoms with van der Waals surface area (Å²) in [4.78, 5) is 0. The topological polar surface area (TPSA) is 23.1 Å². The Morgan fingerprint density at radius 2 is 1.64 bits per heavy atom. The Morgan fingerprint density at radius 3 is 2.09 bits per heavy atom. The zero-order chi connectivity index (χ0) is 8.16. The van der Waals surface area contributed by atoms with Gasteiger partial charge in [0.2, 0.25) is 0 Å². The van der Waals surface area contributed by atoms with Gasteiger partial charge in [0.1, 0.15) is 0 Å². The van der Waals surface area contributed by atoms with Crippen molar-refractivity contribution in [3.05, 3.63) is 17.5 Å². The average molecular weight is 155 g/mol. The standard InChI is InChI=1S/C9H17NO/c1-2-7-10(11)8-5-3-4-6-9-10/h2,7H,3-6,8-9H2,1H3. The predicted octanol–water partition coefficient (Wildman–Crippen LogP) is 2.41. The van der Waals surface area contributed by atoms with Crippen molar-refractivity contribution in [3.8, 4) is 0 Å². The van der Waals surface area contributed by atoms with E-state index in [2.05, 4.69) is 0 Å². The molecule has 64 valence electrons. The van der Waals surface area contributed by atoms with Crippen LogP contribution in [0.25, 0.3) is 0 Å². The zero-order valence-electron chi connectivity index (χ0n) is 7.25. The van der Waals surface area contributed by atoms with E-state index >= 15 is 0 Å². The van der Waals surface area contributed by atoms with Gasteiger partial charge in [-0.05, 0) is 38.7 Å². The van der Waals surface area contributed by atoms with Crippen molar-refractivity contribution in [1.82, 2.24) is 0 Å². The molecule has 2 nitrogen and oxygen atoms in total. The van der Waals surface area contributed by atoms with Crippen molar-refractivity contribution >= 4 is 0 Å². The molecular weight excluding hydrogens is 138 g/mol. The van der Waals surface area contributed by atoms with Gasteiger partial charge >= 0.3 is 0 Å². The third kappa shape index (κ3) is 2.64. The number of rotatable bonds is 1. The molecule has 0 unspecified atom stereocenters. The minimum Gasteiger partial charge on any atom is -0.628 e. The Bertz CT molecular complexity index is 134. The first kappa shape index (κ1) is 8.75. The molecule has 0 aromatic heterocycles. The van der Waals surface area contributed by atoms with Gasteiger partial charge in [0.05, 0.1) is 19.3 Å². The third-order valence-electron chi connectivity index (χ3n) is 2.24. The van der Waals surface area contributed by atoms with Crippen LogP contribution in [0.2, 0.25) is 0 Å². The molecule has 1 saturated heterocycles. The van der Waals surface area contributed by atoms with Crippen LogP contribution in [0.15, 0.2) is 12.3 Å². The first-order valence-electron chi connectivity index (χ1n) is 4.48. The molecule has 0 radical (unpaired) electrons. The van der Waals surface area contributed by atoms with E-state index in [0.717, 1.165) is 25.9 Å². The Hall–Kier alpha value is -0.340. The van der Waals surface area contributed by atoms with E-state index in [0.29, 0.717) is 0 Å². The van der Waals surface area contributed by atoms with Crippen LogP contribution in [-0.2, 0) is 0 Å². The molecule has 0 aliphatic carbocycles. The summed E-state index contributed by atoms with van der Waals surface area (Å²) in [5, 5.41) is 11.8. The van der Waals surface area contributed by atoms with Gasteiger partial charge in [-0.3, -0.25) is 0 Å². The molecule has 0 N–H and O–H groups in total. The summed E-state index contributed by atoms with van der Waals surface area (Å²) in [6.45, 7) is 3.48. The lowest BCUT2D eigenvalue weighted by molar-refractivity contribution is -0.828.